The summed E-state index contributed by atoms with van der Waals surface area (Å²) in [5, 5.41) is 8.59. The van der Waals surface area contributed by atoms with Gasteiger partial charge in [-0.1, -0.05) is 49.7 Å². The molecule has 2 aromatic heterocycles. The van der Waals surface area contributed by atoms with E-state index in [9.17, 15) is 9.59 Å². The van der Waals surface area contributed by atoms with Crippen LogP contribution in [-0.4, -0.2) is 65.4 Å². The summed E-state index contributed by atoms with van der Waals surface area (Å²) in [7, 11) is 0. The fourth-order valence-corrected chi connectivity index (χ4v) is 4.91. The molecule has 0 saturated heterocycles. The van der Waals surface area contributed by atoms with Gasteiger partial charge < -0.3 is 31.2 Å². The number of nitrogens with two attached hydrogens (primary N) is 1. The van der Waals surface area contributed by atoms with Crippen LogP contribution in [0.2, 0.25) is 0 Å². The van der Waals surface area contributed by atoms with E-state index in [0.717, 1.165) is 58.9 Å². The molecule has 8 heteroatoms. The zero-order valence-corrected chi connectivity index (χ0v) is 22.3. The lowest BCUT2D eigenvalue weighted by atomic mass is 10.1. The second-order valence-corrected chi connectivity index (χ2v) is 9.78. The molecule has 202 valence electrons. The largest absolute Gasteiger partial charge is 0.361 e. The average Bonchev–Trinajstić information content (AvgIpc) is 3.54. The maximum Gasteiger partial charge on any atom is 0.239 e. The van der Waals surface area contributed by atoms with Gasteiger partial charge >= 0.3 is 0 Å². The minimum Gasteiger partial charge on any atom is -0.361 e. The molecule has 2 aromatic carbocycles. The van der Waals surface area contributed by atoms with Gasteiger partial charge in [0.15, 0.2) is 0 Å². The Labute approximate surface area is 224 Å². The first kappa shape index (κ1) is 27.4. The molecule has 6 N–H and O–H groups in total. The van der Waals surface area contributed by atoms with Crippen molar-refractivity contribution in [2.45, 2.75) is 45.1 Å². The van der Waals surface area contributed by atoms with Gasteiger partial charge in [0.25, 0.3) is 0 Å². The van der Waals surface area contributed by atoms with Crippen LogP contribution in [-0.2, 0) is 22.4 Å². The number of para-hydroxylation sites is 2. The maximum atomic E-state index is 13.3. The number of aromatic nitrogens is 2. The molecular weight excluding hydrogens is 476 g/mol. The standard InChI is InChI=1S/C30H40N6O2/c1-2-32-16-8-7-11-26(31)30(38)36(18-15-23-20-35-28-13-6-4-10-25(23)28)21-29(37)33-17-14-22-19-34-27-12-5-3-9-24(22)27/h3-6,9-10,12-13,19-20,26,32,34-35H,2,7-8,11,14-18,21,31H2,1H3,(H,33,37)/t26-/m0/s1. The number of hydrogen-bond acceptors (Lipinski definition) is 4. The van der Waals surface area contributed by atoms with Crippen molar-refractivity contribution in [1.29, 1.82) is 0 Å². The fourth-order valence-electron chi connectivity index (χ4n) is 4.91. The van der Waals surface area contributed by atoms with E-state index in [-0.39, 0.29) is 18.4 Å². The average molecular weight is 517 g/mol. The molecule has 0 aliphatic carbocycles. The number of rotatable bonds is 15. The summed E-state index contributed by atoms with van der Waals surface area (Å²) in [5.74, 6) is -0.337. The summed E-state index contributed by atoms with van der Waals surface area (Å²) in [5.41, 5.74) is 10.7. The number of nitrogens with zero attached hydrogens (tertiary/aromatic N) is 1. The summed E-state index contributed by atoms with van der Waals surface area (Å²) < 4.78 is 0. The van der Waals surface area contributed by atoms with Crippen LogP contribution in [0.25, 0.3) is 21.8 Å². The summed E-state index contributed by atoms with van der Waals surface area (Å²) in [6.07, 6.45) is 7.77. The van der Waals surface area contributed by atoms with Gasteiger partial charge in [0.2, 0.25) is 11.8 Å². The smallest absolute Gasteiger partial charge is 0.239 e. The van der Waals surface area contributed by atoms with Gasteiger partial charge in [-0.05, 0) is 62.0 Å². The lowest BCUT2D eigenvalue weighted by Gasteiger charge is -2.25. The van der Waals surface area contributed by atoms with Crippen LogP contribution in [0, 0.1) is 0 Å². The molecule has 0 aliphatic rings. The number of fused-ring (bicyclic) bond motifs is 2. The van der Waals surface area contributed by atoms with Crippen molar-refractivity contribution in [2.75, 3.05) is 32.7 Å². The SMILES string of the molecule is CCNCCCC[C@H](N)C(=O)N(CCc1c[nH]c2ccccc12)CC(=O)NCCc1c[nH]c2ccccc12. The topological polar surface area (TPSA) is 119 Å². The molecule has 0 saturated carbocycles. The van der Waals surface area contributed by atoms with E-state index in [1.165, 1.54) is 0 Å². The van der Waals surface area contributed by atoms with Gasteiger partial charge in [0, 0.05) is 47.3 Å². The number of unbranched alkanes of at least 4 members (excludes halogenated alkanes) is 1. The van der Waals surface area contributed by atoms with Crippen LogP contribution >= 0.6 is 0 Å². The van der Waals surface area contributed by atoms with Crippen molar-refractivity contribution >= 4 is 33.6 Å². The Hall–Kier alpha value is -3.62. The molecular formula is C30H40N6O2. The van der Waals surface area contributed by atoms with Crippen molar-refractivity contribution in [1.82, 2.24) is 25.5 Å². The molecule has 2 amide bonds. The minimum absolute atomic E-state index is 0.000162. The first-order valence-electron chi connectivity index (χ1n) is 13.7. The highest BCUT2D eigenvalue weighted by molar-refractivity contribution is 5.88. The summed E-state index contributed by atoms with van der Waals surface area (Å²) in [6, 6.07) is 15.6. The molecule has 0 unspecified atom stereocenters. The van der Waals surface area contributed by atoms with E-state index in [1.807, 2.05) is 48.8 Å². The first-order chi connectivity index (χ1) is 18.6. The molecule has 0 radical (unpaired) electrons. The summed E-state index contributed by atoms with van der Waals surface area (Å²) >= 11 is 0. The highest BCUT2D eigenvalue weighted by atomic mass is 16.2. The number of carbonyl (C=O) groups is 2. The minimum atomic E-state index is -0.612. The Morgan fingerprint density at radius 2 is 1.53 bits per heavy atom. The Bertz CT molecular complexity index is 1330. The maximum absolute atomic E-state index is 13.3. The third kappa shape index (κ3) is 7.24. The zero-order valence-electron chi connectivity index (χ0n) is 22.3. The number of aromatic amines is 2. The molecule has 0 spiro atoms. The van der Waals surface area contributed by atoms with Gasteiger partial charge in [-0.3, -0.25) is 9.59 Å². The van der Waals surface area contributed by atoms with Crippen LogP contribution < -0.4 is 16.4 Å². The fraction of sp³-hybridized carbons (Fsp3) is 0.400. The molecule has 38 heavy (non-hydrogen) atoms. The van der Waals surface area contributed by atoms with Gasteiger partial charge in [-0.15, -0.1) is 0 Å². The zero-order chi connectivity index (χ0) is 26.7. The highest BCUT2D eigenvalue weighted by Crippen LogP contribution is 2.19. The molecule has 4 aromatic rings. The van der Waals surface area contributed by atoms with Crippen LogP contribution in [0.15, 0.2) is 60.9 Å². The molecule has 0 bridgehead atoms. The lowest BCUT2D eigenvalue weighted by molar-refractivity contribution is -0.137. The Balaban J connectivity index is 1.34. The summed E-state index contributed by atoms with van der Waals surface area (Å²) in [4.78, 5) is 34.4. The molecule has 4 rings (SSSR count). The Morgan fingerprint density at radius 1 is 0.895 bits per heavy atom. The number of H-pyrrole nitrogens is 2. The predicted molar refractivity (Wildman–Crippen MR) is 154 cm³/mol. The third-order valence-corrected chi connectivity index (χ3v) is 7.05. The van der Waals surface area contributed by atoms with Gasteiger partial charge in [0.05, 0.1) is 12.6 Å². The van der Waals surface area contributed by atoms with Crippen molar-refractivity contribution in [3.8, 4) is 0 Å². The van der Waals surface area contributed by atoms with Crippen LogP contribution in [0.3, 0.4) is 0 Å². The van der Waals surface area contributed by atoms with E-state index < -0.39 is 6.04 Å². The molecule has 0 fully saturated rings. The monoisotopic (exact) mass is 516 g/mol. The molecule has 1 atom stereocenters. The quantitative estimate of drug-likeness (QED) is 0.155. The lowest BCUT2D eigenvalue weighted by Crippen LogP contribution is -2.48. The van der Waals surface area contributed by atoms with E-state index in [4.69, 9.17) is 5.73 Å². The van der Waals surface area contributed by atoms with E-state index in [1.54, 1.807) is 4.90 Å². The van der Waals surface area contributed by atoms with Crippen LogP contribution in [0.1, 0.15) is 37.3 Å². The Kier molecular flexibility index (Phi) is 9.95. The normalized spacial score (nSPS) is 12.2. The second-order valence-electron chi connectivity index (χ2n) is 9.78. The number of benzene rings is 2. The third-order valence-electron chi connectivity index (χ3n) is 7.05. The van der Waals surface area contributed by atoms with E-state index >= 15 is 0 Å². The van der Waals surface area contributed by atoms with Crippen LogP contribution in [0.4, 0.5) is 0 Å². The van der Waals surface area contributed by atoms with Gasteiger partial charge in [-0.2, -0.15) is 0 Å². The number of nitrogens with one attached hydrogen (secondary N) is 4. The second kappa shape index (κ2) is 13.8. The molecule has 8 nitrogen and oxygen atoms in total. The Morgan fingerprint density at radius 3 is 2.18 bits per heavy atom. The van der Waals surface area contributed by atoms with Gasteiger partial charge in [0.1, 0.15) is 0 Å². The highest BCUT2D eigenvalue weighted by Gasteiger charge is 2.23. The summed E-state index contributed by atoms with van der Waals surface area (Å²) in [6.45, 7) is 4.86. The van der Waals surface area contributed by atoms with Crippen molar-refractivity contribution in [3.63, 3.8) is 0 Å². The van der Waals surface area contributed by atoms with Crippen molar-refractivity contribution in [3.05, 3.63) is 72.1 Å². The van der Waals surface area contributed by atoms with E-state index in [0.29, 0.717) is 32.4 Å². The predicted octanol–water partition coefficient (Wildman–Crippen LogP) is 3.49. The van der Waals surface area contributed by atoms with Crippen molar-refractivity contribution < 1.29 is 9.59 Å². The molecule has 2 heterocycles. The first-order valence-corrected chi connectivity index (χ1v) is 13.7. The number of hydrogen-bond donors (Lipinski definition) is 5. The van der Waals surface area contributed by atoms with Crippen molar-refractivity contribution in [2.24, 2.45) is 5.73 Å². The van der Waals surface area contributed by atoms with Gasteiger partial charge in [-0.25, -0.2) is 0 Å². The molecule has 0 aliphatic heterocycles. The number of carbonyl (C=O) groups excluding carboxylic acids is 2. The van der Waals surface area contributed by atoms with Crippen LogP contribution in [0.5, 0.6) is 0 Å². The number of amides is 2. The van der Waals surface area contributed by atoms with E-state index in [2.05, 4.69) is 39.7 Å².